The van der Waals surface area contributed by atoms with Crippen molar-refractivity contribution in [1.29, 1.82) is 5.26 Å². The summed E-state index contributed by atoms with van der Waals surface area (Å²) in [4.78, 5) is 6.23. The summed E-state index contributed by atoms with van der Waals surface area (Å²) in [5.74, 6) is 0. The van der Waals surface area contributed by atoms with E-state index in [1.807, 2.05) is 31.4 Å². The largest absolute Gasteiger partial charge is 0.308 e. The van der Waals surface area contributed by atoms with Crippen LogP contribution in [0.15, 0.2) is 4.99 Å². The lowest BCUT2D eigenvalue weighted by atomic mass is 10.6. The van der Waals surface area contributed by atoms with Crippen molar-refractivity contribution in [2.45, 2.75) is 0 Å². The Hall–Kier alpha value is -0.730. The van der Waals surface area contributed by atoms with Gasteiger partial charge in [0.1, 0.15) is 0 Å². The van der Waals surface area contributed by atoms with Crippen LogP contribution in [0.2, 0.25) is 0 Å². The molecule has 0 atom stereocenters. The van der Waals surface area contributed by atoms with Crippen LogP contribution in [0.4, 0.5) is 0 Å². The van der Waals surface area contributed by atoms with Crippen molar-refractivity contribution in [3.8, 4) is 6.19 Å². The number of thioether (sulfide) groups is 1. The lowest BCUT2D eigenvalue weighted by molar-refractivity contribution is 0.420. The van der Waals surface area contributed by atoms with E-state index in [-0.39, 0.29) is 0 Å². The molecule has 0 saturated heterocycles. The summed E-state index contributed by atoms with van der Waals surface area (Å²) < 4.78 is 0. The zero-order valence-electron chi connectivity index (χ0n) is 7.66. The number of nitrogens with zero attached hydrogens (tertiary/aromatic N) is 3. The molecule has 0 bridgehead atoms. The van der Waals surface area contributed by atoms with Gasteiger partial charge in [0.25, 0.3) is 0 Å². The van der Waals surface area contributed by atoms with Gasteiger partial charge in [-0.3, -0.25) is 10.3 Å². The Kier molecular flexibility index (Phi) is 6.53. The molecule has 4 nitrogen and oxygen atoms in total. The van der Waals surface area contributed by atoms with Gasteiger partial charge in [0.05, 0.1) is 6.54 Å². The van der Waals surface area contributed by atoms with Crippen LogP contribution in [0.3, 0.4) is 0 Å². The highest BCUT2D eigenvalue weighted by Gasteiger charge is 1.93. The third-order valence-electron chi connectivity index (χ3n) is 1.16. The van der Waals surface area contributed by atoms with E-state index in [1.54, 1.807) is 0 Å². The van der Waals surface area contributed by atoms with Crippen LogP contribution in [0.25, 0.3) is 0 Å². The minimum Gasteiger partial charge on any atom is -0.308 e. The predicted molar refractivity (Wildman–Crippen MR) is 53.1 cm³/mol. The molecule has 0 aromatic rings. The van der Waals surface area contributed by atoms with E-state index >= 15 is 0 Å². The fourth-order valence-electron chi connectivity index (χ4n) is 0.554. The standard InChI is InChI=1S/C7H14N4S/c1-11(2)5-4-9-7(12-3)10-6-8/h4-5H2,1-3H3,(H,9,10). The molecule has 1 N–H and O–H groups in total. The number of hydrogen-bond acceptors (Lipinski definition) is 4. The maximum absolute atomic E-state index is 8.31. The van der Waals surface area contributed by atoms with Gasteiger partial charge in [0.15, 0.2) is 11.4 Å². The minimum absolute atomic E-state index is 0.680. The Balaban J connectivity index is 3.71. The van der Waals surface area contributed by atoms with Gasteiger partial charge in [-0.25, -0.2) is 0 Å². The van der Waals surface area contributed by atoms with E-state index in [4.69, 9.17) is 5.26 Å². The Morgan fingerprint density at radius 1 is 1.67 bits per heavy atom. The highest BCUT2D eigenvalue weighted by Crippen LogP contribution is 1.93. The molecule has 0 radical (unpaired) electrons. The number of rotatable bonds is 3. The van der Waals surface area contributed by atoms with Crippen LogP contribution in [0.1, 0.15) is 0 Å². The van der Waals surface area contributed by atoms with E-state index in [0.29, 0.717) is 5.17 Å². The summed E-state index contributed by atoms with van der Waals surface area (Å²) in [6.07, 6.45) is 3.73. The summed E-state index contributed by atoms with van der Waals surface area (Å²) in [6.45, 7) is 1.62. The Labute approximate surface area is 77.6 Å². The maximum Gasteiger partial charge on any atom is 0.183 e. The molecule has 0 rings (SSSR count). The molecule has 5 heteroatoms. The quantitative estimate of drug-likeness (QED) is 0.299. The van der Waals surface area contributed by atoms with Crippen molar-refractivity contribution in [2.24, 2.45) is 4.99 Å². The molecule has 0 saturated carbocycles. The number of amidine groups is 1. The summed E-state index contributed by atoms with van der Waals surface area (Å²) in [7, 11) is 3.98. The molecule has 0 aromatic heterocycles. The second-order valence-electron chi connectivity index (χ2n) is 2.43. The highest BCUT2D eigenvalue weighted by atomic mass is 32.2. The van der Waals surface area contributed by atoms with E-state index in [2.05, 4.69) is 10.3 Å². The zero-order valence-corrected chi connectivity index (χ0v) is 8.48. The van der Waals surface area contributed by atoms with E-state index in [9.17, 15) is 0 Å². The zero-order chi connectivity index (χ0) is 9.40. The second kappa shape index (κ2) is 6.95. The lowest BCUT2D eigenvalue weighted by Crippen LogP contribution is -2.19. The van der Waals surface area contributed by atoms with Gasteiger partial charge in [-0.15, -0.1) is 0 Å². The number of aliphatic imine (C=N–C) groups is 1. The van der Waals surface area contributed by atoms with Crippen LogP contribution in [-0.4, -0.2) is 43.5 Å². The monoisotopic (exact) mass is 186 g/mol. The molecule has 0 aliphatic heterocycles. The maximum atomic E-state index is 8.31. The predicted octanol–water partition coefficient (Wildman–Crippen LogP) is 0.338. The van der Waals surface area contributed by atoms with Crippen LogP contribution >= 0.6 is 11.8 Å². The smallest absolute Gasteiger partial charge is 0.183 e. The van der Waals surface area contributed by atoms with Crippen molar-refractivity contribution in [3.05, 3.63) is 0 Å². The van der Waals surface area contributed by atoms with Gasteiger partial charge in [-0.1, -0.05) is 11.8 Å². The molecule has 0 unspecified atom stereocenters. The number of hydrogen-bond donors (Lipinski definition) is 1. The number of nitriles is 1. The summed E-state index contributed by atoms with van der Waals surface area (Å²) in [5, 5.41) is 11.5. The van der Waals surface area contributed by atoms with Gasteiger partial charge < -0.3 is 4.90 Å². The Bertz CT molecular complexity index is 182. The molecular formula is C7H14N4S. The molecule has 0 aliphatic carbocycles. The van der Waals surface area contributed by atoms with Gasteiger partial charge >= 0.3 is 0 Å². The highest BCUT2D eigenvalue weighted by molar-refractivity contribution is 8.13. The van der Waals surface area contributed by atoms with Crippen molar-refractivity contribution in [1.82, 2.24) is 10.2 Å². The van der Waals surface area contributed by atoms with Crippen molar-refractivity contribution in [2.75, 3.05) is 33.4 Å². The number of likely N-dealkylation sites (N-methyl/N-ethyl adjacent to an activating group) is 1. The molecule has 0 spiro atoms. The Morgan fingerprint density at radius 2 is 2.33 bits per heavy atom. The first-order valence-corrected chi connectivity index (χ1v) is 4.81. The topological polar surface area (TPSA) is 51.4 Å². The second-order valence-corrected chi connectivity index (χ2v) is 3.23. The van der Waals surface area contributed by atoms with Crippen molar-refractivity contribution in [3.63, 3.8) is 0 Å². The van der Waals surface area contributed by atoms with Crippen LogP contribution < -0.4 is 5.32 Å². The molecule has 0 aromatic carbocycles. The normalized spacial score (nSPS) is 11.4. The van der Waals surface area contributed by atoms with E-state index in [0.717, 1.165) is 13.1 Å². The van der Waals surface area contributed by atoms with Crippen LogP contribution in [0.5, 0.6) is 0 Å². The Morgan fingerprint density at radius 3 is 2.75 bits per heavy atom. The SMILES string of the molecule is CS/C(=N\CCN(C)C)NC#N. The van der Waals surface area contributed by atoms with Gasteiger partial charge in [-0.05, 0) is 20.4 Å². The van der Waals surface area contributed by atoms with Gasteiger partial charge in [-0.2, -0.15) is 5.26 Å². The van der Waals surface area contributed by atoms with E-state index < -0.39 is 0 Å². The van der Waals surface area contributed by atoms with E-state index in [1.165, 1.54) is 11.8 Å². The first-order valence-electron chi connectivity index (χ1n) is 3.59. The summed E-state index contributed by atoms with van der Waals surface area (Å²) in [5.41, 5.74) is 0. The van der Waals surface area contributed by atoms with Gasteiger partial charge in [0, 0.05) is 6.54 Å². The van der Waals surface area contributed by atoms with Crippen molar-refractivity contribution < 1.29 is 0 Å². The molecule has 0 aliphatic rings. The molecule has 68 valence electrons. The first-order chi connectivity index (χ1) is 5.70. The number of nitrogens with one attached hydrogen (secondary N) is 1. The lowest BCUT2D eigenvalue weighted by Gasteiger charge is -2.06. The summed E-state index contributed by atoms with van der Waals surface area (Å²) in [6, 6.07) is 0. The third-order valence-corrected chi connectivity index (χ3v) is 1.78. The molecule has 0 heterocycles. The fraction of sp³-hybridized carbons (Fsp3) is 0.714. The minimum atomic E-state index is 0.680. The average molecular weight is 186 g/mol. The fourth-order valence-corrected chi connectivity index (χ4v) is 0.923. The molecule has 12 heavy (non-hydrogen) atoms. The van der Waals surface area contributed by atoms with Crippen LogP contribution in [0, 0.1) is 11.5 Å². The third kappa shape index (κ3) is 6.01. The van der Waals surface area contributed by atoms with Gasteiger partial charge in [0.2, 0.25) is 0 Å². The van der Waals surface area contributed by atoms with Crippen molar-refractivity contribution >= 4 is 16.9 Å². The molecule has 0 fully saturated rings. The first kappa shape index (κ1) is 11.3. The van der Waals surface area contributed by atoms with Crippen LogP contribution in [-0.2, 0) is 0 Å². The summed E-state index contributed by atoms with van der Waals surface area (Å²) >= 11 is 1.44. The molecule has 0 amide bonds. The average Bonchev–Trinajstić information content (AvgIpc) is 2.02. The molecular weight excluding hydrogens is 172 g/mol.